The second-order valence-corrected chi connectivity index (χ2v) is 5.89. The highest BCUT2D eigenvalue weighted by molar-refractivity contribution is 5.77. The zero-order chi connectivity index (χ0) is 15.9. The van der Waals surface area contributed by atoms with E-state index in [4.69, 9.17) is 4.74 Å². The lowest BCUT2D eigenvalue weighted by atomic mass is 9.66. The van der Waals surface area contributed by atoms with Crippen LogP contribution in [0.5, 0.6) is 0 Å². The molecule has 1 aliphatic rings. The van der Waals surface area contributed by atoms with Crippen LogP contribution in [0.4, 0.5) is 0 Å². The molecule has 3 atom stereocenters. The Balaban J connectivity index is 2.25. The molecular formula is C16H18N2O4. The molecule has 1 heterocycles. The van der Waals surface area contributed by atoms with Crippen LogP contribution in [0.15, 0.2) is 35.1 Å². The number of fused-ring (bicyclic) bond motifs is 1. The summed E-state index contributed by atoms with van der Waals surface area (Å²) in [5, 5.41) is 16.1. The number of aromatic amines is 2. The van der Waals surface area contributed by atoms with Gasteiger partial charge < -0.3 is 14.9 Å². The second-order valence-electron chi connectivity index (χ2n) is 5.89. The molecule has 0 spiro atoms. The summed E-state index contributed by atoms with van der Waals surface area (Å²) in [6.07, 6.45) is 0.185. The number of ether oxygens (including phenoxy) is 1. The maximum atomic E-state index is 12.3. The first-order chi connectivity index (χ1) is 10.5. The molecule has 0 bridgehead atoms. The third kappa shape index (κ3) is 2.16. The van der Waals surface area contributed by atoms with Crippen LogP contribution in [0.3, 0.4) is 0 Å². The molecule has 0 saturated carbocycles. The Morgan fingerprint density at radius 2 is 2.00 bits per heavy atom. The van der Waals surface area contributed by atoms with Crippen LogP contribution in [0, 0.1) is 5.92 Å². The third-order valence-electron chi connectivity index (χ3n) is 4.36. The van der Waals surface area contributed by atoms with Gasteiger partial charge in [0.2, 0.25) is 0 Å². The van der Waals surface area contributed by atoms with Crippen molar-refractivity contribution in [3.8, 4) is 0 Å². The van der Waals surface area contributed by atoms with E-state index >= 15 is 0 Å². The first-order valence-corrected chi connectivity index (χ1v) is 7.10. The van der Waals surface area contributed by atoms with Crippen LogP contribution in [0.2, 0.25) is 0 Å². The van der Waals surface area contributed by atoms with Crippen LogP contribution < -0.4 is 5.56 Å². The number of aliphatic hydroxyl groups is 1. The van der Waals surface area contributed by atoms with Gasteiger partial charge in [-0.05, 0) is 12.5 Å². The van der Waals surface area contributed by atoms with Crippen molar-refractivity contribution < 1.29 is 14.6 Å². The molecule has 0 fully saturated rings. The zero-order valence-electron chi connectivity index (χ0n) is 12.4. The van der Waals surface area contributed by atoms with Gasteiger partial charge in [-0.25, -0.2) is 0 Å². The van der Waals surface area contributed by atoms with Crippen molar-refractivity contribution in [2.75, 3.05) is 7.11 Å². The Hall–Kier alpha value is -2.34. The number of hydrogen-bond donors (Lipinski definition) is 3. The summed E-state index contributed by atoms with van der Waals surface area (Å²) in [5.41, 5.74) is 0.334. The number of aromatic nitrogens is 2. The van der Waals surface area contributed by atoms with Gasteiger partial charge in [0.15, 0.2) is 0 Å². The minimum atomic E-state index is -1.31. The number of benzene rings is 1. The topological polar surface area (TPSA) is 95.2 Å². The molecule has 0 aliphatic heterocycles. The van der Waals surface area contributed by atoms with E-state index in [1.807, 2.05) is 30.3 Å². The monoisotopic (exact) mass is 302 g/mol. The minimum absolute atomic E-state index is 0.185. The Kier molecular flexibility index (Phi) is 3.41. The average Bonchev–Trinajstić information content (AvgIpc) is 2.85. The lowest BCUT2D eigenvalue weighted by Crippen LogP contribution is -2.49. The molecule has 0 unspecified atom stereocenters. The summed E-state index contributed by atoms with van der Waals surface area (Å²) in [7, 11) is 1.29. The highest BCUT2D eigenvalue weighted by Crippen LogP contribution is 2.44. The van der Waals surface area contributed by atoms with Gasteiger partial charge in [0.1, 0.15) is 0 Å². The van der Waals surface area contributed by atoms with E-state index < -0.39 is 23.4 Å². The molecule has 0 amide bonds. The van der Waals surface area contributed by atoms with Crippen molar-refractivity contribution in [1.82, 2.24) is 10.2 Å². The highest BCUT2D eigenvalue weighted by atomic mass is 16.5. The molecule has 6 heteroatoms. The SMILES string of the molecule is COC(=O)[C@H]1[C@H](c2ccccc2)c2c([nH][nH]c2=O)C[C@]1(C)O. The van der Waals surface area contributed by atoms with Crippen molar-refractivity contribution in [2.24, 2.45) is 5.92 Å². The number of carbonyl (C=O) groups excluding carboxylic acids is 1. The maximum Gasteiger partial charge on any atom is 0.312 e. The lowest BCUT2D eigenvalue weighted by Gasteiger charge is -2.40. The Morgan fingerprint density at radius 3 is 2.64 bits per heavy atom. The second kappa shape index (κ2) is 5.14. The first kappa shape index (κ1) is 14.6. The average molecular weight is 302 g/mol. The van der Waals surface area contributed by atoms with Crippen molar-refractivity contribution in [3.05, 3.63) is 57.5 Å². The molecule has 3 rings (SSSR count). The fraction of sp³-hybridized carbons (Fsp3) is 0.375. The van der Waals surface area contributed by atoms with Crippen molar-refractivity contribution >= 4 is 5.97 Å². The van der Waals surface area contributed by atoms with E-state index in [9.17, 15) is 14.7 Å². The van der Waals surface area contributed by atoms with Crippen molar-refractivity contribution in [3.63, 3.8) is 0 Å². The molecule has 0 saturated heterocycles. The summed E-state index contributed by atoms with van der Waals surface area (Å²) in [5.74, 6) is -1.92. The summed E-state index contributed by atoms with van der Waals surface area (Å²) in [4.78, 5) is 24.5. The van der Waals surface area contributed by atoms with Crippen molar-refractivity contribution in [1.29, 1.82) is 0 Å². The predicted molar refractivity (Wildman–Crippen MR) is 79.5 cm³/mol. The molecule has 116 valence electrons. The molecule has 22 heavy (non-hydrogen) atoms. The lowest BCUT2D eigenvalue weighted by molar-refractivity contribution is -0.156. The van der Waals surface area contributed by atoms with Gasteiger partial charge >= 0.3 is 5.97 Å². The van der Waals surface area contributed by atoms with Crippen LogP contribution in [0.25, 0.3) is 0 Å². The summed E-state index contributed by atoms with van der Waals surface area (Å²) in [6.45, 7) is 1.60. The van der Waals surface area contributed by atoms with E-state index in [0.29, 0.717) is 11.3 Å². The number of methoxy groups -OCH3 is 1. The van der Waals surface area contributed by atoms with E-state index in [0.717, 1.165) is 5.56 Å². The summed E-state index contributed by atoms with van der Waals surface area (Å²) in [6, 6.07) is 9.23. The van der Waals surface area contributed by atoms with Crippen LogP contribution in [-0.2, 0) is 16.0 Å². The summed E-state index contributed by atoms with van der Waals surface area (Å²) >= 11 is 0. The number of carbonyl (C=O) groups is 1. The highest BCUT2D eigenvalue weighted by Gasteiger charge is 2.50. The smallest absolute Gasteiger partial charge is 0.312 e. The molecule has 2 aromatic rings. The summed E-state index contributed by atoms with van der Waals surface area (Å²) < 4.78 is 4.89. The Morgan fingerprint density at radius 1 is 1.32 bits per heavy atom. The van der Waals surface area contributed by atoms with Crippen molar-refractivity contribution in [2.45, 2.75) is 24.9 Å². The van der Waals surface area contributed by atoms with Crippen LogP contribution >= 0.6 is 0 Å². The molecule has 1 aliphatic carbocycles. The Bertz CT molecular complexity index is 745. The fourth-order valence-electron chi connectivity index (χ4n) is 3.40. The van der Waals surface area contributed by atoms with Crippen LogP contribution in [-0.4, -0.2) is 34.0 Å². The number of hydrogen-bond acceptors (Lipinski definition) is 4. The Labute approximate surface area is 127 Å². The van der Waals surface area contributed by atoms with Gasteiger partial charge in [0, 0.05) is 23.6 Å². The van der Waals surface area contributed by atoms with Crippen LogP contribution in [0.1, 0.15) is 29.7 Å². The zero-order valence-corrected chi connectivity index (χ0v) is 12.4. The van der Waals surface area contributed by atoms with Gasteiger partial charge in [0.25, 0.3) is 5.56 Å². The standard InChI is InChI=1S/C16H18N2O4/c1-16(21)8-10-12(14(19)18-17-10)11(13(16)15(20)22-2)9-6-4-3-5-7-9/h3-7,11,13,21H,8H2,1-2H3,(H2,17,18,19)/t11-,13-,16+/m1/s1. The fourth-order valence-corrected chi connectivity index (χ4v) is 3.40. The first-order valence-electron chi connectivity index (χ1n) is 7.10. The maximum absolute atomic E-state index is 12.3. The number of nitrogens with one attached hydrogen (secondary N) is 2. The van der Waals surface area contributed by atoms with E-state index in [2.05, 4.69) is 10.2 Å². The number of esters is 1. The molecule has 3 N–H and O–H groups in total. The van der Waals surface area contributed by atoms with Gasteiger partial charge in [-0.15, -0.1) is 0 Å². The quantitative estimate of drug-likeness (QED) is 0.719. The van der Waals surface area contributed by atoms with Gasteiger partial charge in [-0.3, -0.25) is 14.7 Å². The van der Waals surface area contributed by atoms with E-state index in [-0.39, 0.29) is 12.0 Å². The van der Waals surface area contributed by atoms with Gasteiger partial charge in [-0.2, -0.15) is 0 Å². The number of H-pyrrole nitrogens is 2. The molecule has 0 radical (unpaired) electrons. The third-order valence-corrected chi connectivity index (χ3v) is 4.36. The predicted octanol–water partition coefficient (Wildman–Crippen LogP) is 0.931. The van der Waals surface area contributed by atoms with Gasteiger partial charge in [-0.1, -0.05) is 30.3 Å². The van der Waals surface area contributed by atoms with E-state index in [1.54, 1.807) is 6.92 Å². The normalized spacial score (nSPS) is 27.2. The van der Waals surface area contributed by atoms with E-state index in [1.165, 1.54) is 7.11 Å². The largest absolute Gasteiger partial charge is 0.469 e. The molecular weight excluding hydrogens is 284 g/mol. The number of rotatable bonds is 2. The molecule has 1 aromatic carbocycles. The molecule has 6 nitrogen and oxygen atoms in total. The van der Waals surface area contributed by atoms with Gasteiger partial charge in [0.05, 0.1) is 18.6 Å². The minimum Gasteiger partial charge on any atom is -0.469 e. The molecule has 1 aromatic heterocycles.